The lowest BCUT2D eigenvalue weighted by atomic mass is 9.83. The average Bonchev–Trinajstić information content (AvgIpc) is 3.30. The van der Waals surface area contributed by atoms with E-state index in [1.165, 1.54) is 0 Å². The summed E-state index contributed by atoms with van der Waals surface area (Å²) in [5, 5.41) is 12.3. The number of rotatable bonds is 4. The zero-order valence-electron chi connectivity index (χ0n) is 19.6. The number of hydrogen-bond acceptors (Lipinski definition) is 3. The number of aromatic hydroxyl groups is 1. The van der Waals surface area contributed by atoms with E-state index in [0.29, 0.717) is 0 Å². The molecule has 168 valence electrons. The molecule has 0 radical (unpaired) electrons. The molecule has 0 bridgehead atoms. The maximum atomic E-state index is 11.5. The summed E-state index contributed by atoms with van der Waals surface area (Å²) in [6.45, 7) is 6.60. The van der Waals surface area contributed by atoms with Gasteiger partial charge in [-0.25, -0.2) is 4.98 Å². The van der Waals surface area contributed by atoms with Crippen LogP contribution in [0.4, 0.5) is 0 Å². The van der Waals surface area contributed by atoms with E-state index in [-0.39, 0.29) is 11.2 Å². The first-order valence-electron chi connectivity index (χ1n) is 11.5. The number of phenols is 1. The Labute approximate surface area is 205 Å². The molecule has 0 unspecified atom stereocenters. The Balaban J connectivity index is 1.77. The van der Waals surface area contributed by atoms with E-state index in [2.05, 4.69) is 69.3 Å². The van der Waals surface area contributed by atoms with Gasteiger partial charge in [0.2, 0.25) is 0 Å². The molecule has 5 aromatic rings. The fourth-order valence-corrected chi connectivity index (χ4v) is 5.19. The number of thiazole rings is 1. The van der Waals surface area contributed by atoms with Gasteiger partial charge in [0.25, 0.3) is 0 Å². The first kappa shape index (κ1) is 22.1. The largest absolute Gasteiger partial charge is 0.507 e. The van der Waals surface area contributed by atoms with Crippen molar-refractivity contribution in [2.45, 2.75) is 26.2 Å². The molecular weight excluding hydrogens is 434 g/mol. The summed E-state index contributed by atoms with van der Waals surface area (Å²) >= 11 is 1.63. The Kier molecular flexibility index (Phi) is 5.80. The Morgan fingerprint density at radius 1 is 0.647 bits per heavy atom. The summed E-state index contributed by atoms with van der Waals surface area (Å²) in [5.74, 6) is 0.271. The summed E-state index contributed by atoms with van der Waals surface area (Å²) in [5.41, 5.74) is 6.82. The summed E-state index contributed by atoms with van der Waals surface area (Å²) in [7, 11) is 0. The van der Waals surface area contributed by atoms with Crippen LogP contribution in [0.2, 0.25) is 0 Å². The van der Waals surface area contributed by atoms with Crippen molar-refractivity contribution >= 4 is 11.3 Å². The highest BCUT2D eigenvalue weighted by Crippen LogP contribution is 2.46. The van der Waals surface area contributed by atoms with Gasteiger partial charge in [-0.15, -0.1) is 11.3 Å². The molecule has 0 aliphatic heterocycles. The summed E-state index contributed by atoms with van der Waals surface area (Å²) in [6, 6.07) is 34.9. The highest BCUT2D eigenvalue weighted by molar-refractivity contribution is 7.19. The number of nitrogens with zero attached hydrogens (tertiary/aromatic N) is 1. The molecule has 5 rings (SSSR count). The van der Waals surface area contributed by atoms with Gasteiger partial charge in [-0.3, -0.25) is 0 Å². The van der Waals surface area contributed by atoms with E-state index >= 15 is 0 Å². The van der Waals surface area contributed by atoms with Gasteiger partial charge in [-0.05, 0) is 34.2 Å². The van der Waals surface area contributed by atoms with Crippen molar-refractivity contribution in [1.29, 1.82) is 0 Å². The summed E-state index contributed by atoms with van der Waals surface area (Å²) in [4.78, 5) is 6.20. The Morgan fingerprint density at radius 3 is 1.71 bits per heavy atom. The number of benzene rings is 4. The minimum absolute atomic E-state index is 0.0756. The lowest BCUT2D eigenvalue weighted by Crippen LogP contribution is -2.11. The molecule has 3 heteroatoms. The monoisotopic (exact) mass is 461 g/mol. The number of hydrogen-bond donors (Lipinski definition) is 1. The highest BCUT2D eigenvalue weighted by atomic mass is 32.1. The van der Waals surface area contributed by atoms with Crippen molar-refractivity contribution in [2.75, 3.05) is 0 Å². The van der Waals surface area contributed by atoms with Crippen molar-refractivity contribution in [3.8, 4) is 49.1 Å². The van der Waals surface area contributed by atoms with E-state index in [9.17, 15) is 5.11 Å². The molecular formula is C31H27NOS. The van der Waals surface area contributed by atoms with Crippen LogP contribution < -0.4 is 0 Å². The smallest absolute Gasteiger partial charge is 0.133 e. The fourth-order valence-electron chi connectivity index (χ4n) is 4.08. The van der Waals surface area contributed by atoms with Crippen LogP contribution in [0.5, 0.6) is 5.75 Å². The molecule has 0 spiro atoms. The third-order valence-electron chi connectivity index (χ3n) is 6.00. The first-order valence-corrected chi connectivity index (χ1v) is 12.3. The standard InChI is InChI=1S/C31H27NOS/c1-31(2,3)24-19-25(21-13-7-4-8-14-21)28(33)26(20-24)30-32-27(22-15-9-5-10-16-22)29(34-30)23-17-11-6-12-18-23/h4-20,33H,1-3H3. The molecule has 0 aliphatic rings. The molecule has 2 nitrogen and oxygen atoms in total. The van der Waals surface area contributed by atoms with Gasteiger partial charge < -0.3 is 5.11 Å². The molecule has 0 saturated heterocycles. The molecule has 0 saturated carbocycles. The highest BCUT2D eigenvalue weighted by Gasteiger charge is 2.23. The van der Waals surface area contributed by atoms with Crippen LogP contribution in [0.25, 0.3) is 43.4 Å². The van der Waals surface area contributed by atoms with Crippen LogP contribution in [0.15, 0.2) is 103 Å². The SMILES string of the molecule is CC(C)(C)c1cc(-c2ccccc2)c(O)c(-c2nc(-c3ccccc3)c(-c3ccccc3)s2)c1. The van der Waals surface area contributed by atoms with Gasteiger partial charge in [-0.1, -0.05) is 112 Å². The molecule has 0 atom stereocenters. The van der Waals surface area contributed by atoms with E-state index in [1.807, 2.05) is 54.6 Å². The predicted octanol–water partition coefficient (Wildman–Crippen LogP) is 8.81. The second-order valence-electron chi connectivity index (χ2n) is 9.46. The van der Waals surface area contributed by atoms with Crippen LogP contribution in [0.1, 0.15) is 26.3 Å². The van der Waals surface area contributed by atoms with Crippen LogP contribution >= 0.6 is 11.3 Å². The quantitative estimate of drug-likeness (QED) is 0.290. The fraction of sp³-hybridized carbons (Fsp3) is 0.129. The van der Waals surface area contributed by atoms with E-state index in [1.54, 1.807) is 11.3 Å². The minimum Gasteiger partial charge on any atom is -0.507 e. The molecule has 0 amide bonds. The topological polar surface area (TPSA) is 33.1 Å². The van der Waals surface area contributed by atoms with Gasteiger partial charge in [0.1, 0.15) is 10.8 Å². The Bertz CT molecular complexity index is 1360. The van der Waals surface area contributed by atoms with Crippen molar-refractivity contribution < 1.29 is 5.11 Å². The molecule has 34 heavy (non-hydrogen) atoms. The van der Waals surface area contributed by atoms with E-state index < -0.39 is 0 Å². The van der Waals surface area contributed by atoms with Crippen LogP contribution in [-0.4, -0.2) is 10.1 Å². The van der Waals surface area contributed by atoms with E-state index in [0.717, 1.165) is 49.0 Å². The molecule has 0 fully saturated rings. The normalized spacial score (nSPS) is 11.5. The molecule has 1 heterocycles. The molecule has 0 aliphatic carbocycles. The lowest BCUT2D eigenvalue weighted by Gasteiger charge is -2.22. The third kappa shape index (κ3) is 4.27. The Hall–Kier alpha value is -3.69. The van der Waals surface area contributed by atoms with Crippen molar-refractivity contribution in [1.82, 2.24) is 4.98 Å². The van der Waals surface area contributed by atoms with Crippen LogP contribution in [-0.2, 0) is 5.41 Å². The van der Waals surface area contributed by atoms with Crippen molar-refractivity contribution in [3.63, 3.8) is 0 Å². The average molecular weight is 462 g/mol. The van der Waals surface area contributed by atoms with Gasteiger partial charge in [0, 0.05) is 11.1 Å². The second-order valence-corrected chi connectivity index (χ2v) is 10.5. The van der Waals surface area contributed by atoms with Gasteiger partial charge >= 0.3 is 0 Å². The number of phenolic OH excluding ortho intramolecular Hbond substituents is 1. The molecule has 1 aromatic heterocycles. The second kappa shape index (κ2) is 8.92. The Morgan fingerprint density at radius 2 is 1.15 bits per heavy atom. The summed E-state index contributed by atoms with van der Waals surface area (Å²) < 4.78 is 0. The first-order chi connectivity index (χ1) is 16.4. The molecule has 1 N–H and O–H groups in total. The molecule has 4 aromatic carbocycles. The zero-order valence-corrected chi connectivity index (χ0v) is 20.4. The summed E-state index contributed by atoms with van der Waals surface area (Å²) in [6.07, 6.45) is 0. The van der Waals surface area contributed by atoms with Crippen LogP contribution in [0, 0.1) is 0 Å². The maximum absolute atomic E-state index is 11.5. The van der Waals surface area contributed by atoms with Crippen molar-refractivity contribution in [2.24, 2.45) is 0 Å². The maximum Gasteiger partial charge on any atom is 0.133 e. The third-order valence-corrected chi connectivity index (χ3v) is 7.14. The van der Waals surface area contributed by atoms with Crippen molar-refractivity contribution in [3.05, 3.63) is 109 Å². The van der Waals surface area contributed by atoms with E-state index in [4.69, 9.17) is 4.98 Å². The zero-order chi connectivity index (χ0) is 23.7. The van der Waals surface area contributed by atoms with Gasteiger partial charge in [-0.2, -0.15) is 0 Å². The van der Waals surface area contributed by atoms with Gasteiger partial charge in [0.05, 0.1) is 16.1 Å². The predicted molar refractivity (Wildman–Crippen MR) is 144 cm³/mol. The minimum atomic E-state index is -0.0756. The lowest BCUT2D eigenvalue weighted by molar-refractivity contribution is 0.478. The van der Waals surface area contributed by atoms with Crippen LogP contribution in [0.3, 0.4) is 0 Å². The number of aromatic nitrogens is 1. The van der Waals surface area contributed by atoms with Gasteiger partial charge in [0.15, 0.2) is 0 Å².